The Balaban J connectivity index is 1.88. The van der Waals surface area contributed by atoms with Gasteiger partial charge >= 0.3 is 0 Å². The van der Waals surface area contributed by atoms with Crippen LogP contribution in [0.2, 0.25) is 5.02 Å². The van der Waals surface area contributed by atoms with Gasteiger partial charge in [-0.25, -0.2) is 0 Å². The van der Waals surface area contributed by atoms with Crippen LogP contribution in [-0.4, -0.2) is 5.91 Å². The van der Waals surface area contributed by atoms with Crippen LogP contribution in [0.25, 0.3) is 0 Å². The number of allylic oxidation sites excluding steroid dienone is 2. The van der Waals surface area contributed by atoms with E-state index in [2.05, 4.69) is 23.9 Å². The molecule has 0 aliphatic heterocycles. The summed E-state index contributed by atoms with van der Waals surface area (Å²) in [6, 6.07) is 7.03. The van der Waals surface area contributed by atoms with Crippen LogP contribution in [0.3, 0.4) is 0 Å². The molecule has 0 spiro atoms. The lowest BCUT2D eigenvalue weighted by molar-refractivity contribution is 0.0938. The molecule has 0 radical (unpaired) electrons. The molecule has 0 bridgehead atoms. The monoisotopic (exact) mass is 278 g/mol. The van der Waals surface area contributed by atoms with Gasteiger partial charge in [-0.05, 0) is 37.3 Å². The van der Waals surface area contributed by atoms with E-state index in [1.54, 1.807) is 24.3 Å². The summed E-state index contributed by atoms with van der Waals surface area (Å²) in [6.07, 6.45) is 6.64. The Morgan fingerprint density at radius 1 is 1.42 bits per heavy atom. The fraction of sp³-hybridized carbons (Fsp3) is 0.400. The number of hydrazine groups is 1. The van der Waals surface area contributed by atoms with Gasteiger partial charge < -0.3 is 5.43 Å². The third-order valence-corrected chi connectivity index (χ3v) is 3.88. The normalized spacial score (nSPS) is 18.6. The fourth-order valence-electron chi connectivity index (χ4n) is 2.22. The second kappa shape index (κ2) is 6.62. The van der Waals surface area contributed by atoms with Crippen molar-refractivity contribution in [3.8, 4) is 0 Å². The Morgan fingerprint density at radius 2 is 2.21 bits per heavy atom. The Hall–Kier alpha value is -1.48. The zero-order chi connectivity index (χ0) is 13.7. The van der Waals surface area contributed by atoms with Crippen molar-refractivity contribution < 1.29 is 4.79 Å². The van der Waals surface area contributed by atoms with Crippen molar-refractivity contribution >= 4 is 17.5 Å². The molecule has 1 unspecified atom stereocenters. The number of nitrogens with one attached hydrogen (secondary N) is 2. The zero-order valence-electron chi connectivity index (χ0n) is 11.1. The van der Waals surface area contributed by atoms with Crippen LogP contribution >= 0.6 is 11.6 Å². The van der Waals surface area contributed by atoms with Crippen molar-refractivity contribution in [2.24, 2.45) is 5.92 Å². The molecular weight excluding hydrogens is 260 g/mol. The number of rotatable bonds is 4. The fourth-order valence-corrected chi connectivity index (χ4v) is 2.44. The first kappa shape index (κ1) is 13.9. The molecule has 2 rings (SSSR count). The van der Waals surface area contributed by atoms with Crippen LogP contribution in [0.15, 0.2) is 36.0 Å². The molecule has 102 valence electrons. The van der Waals surface area contributed by atoms with Crippen LogP contribution in [0, 0.1) is 5.92 Å². The predicted molar refractivity (Wildman–Crippen MR) is 77.8 cm³/mol. The van der Waals surface area contributed by atoms with Gasteiger partial charge in [-0.2, -0.15) is 0 Å². The van der Waals surface area contributed by atoms with Gasteiger partial charge in [0.1, 0.15) is 0 Å². The van der Waals surface area contributed by atoms with E-state index in [0.29, 0.717) is 10.6 Å². The second-order valence-electron chi connectivity index (χ2n) is 4.84. The van der Waals surface area contributed by atoms with Crippen molar-refractivity contribution in [3.63, 3.8) is 0 Å². The highest BCUT2D eigenvalue weighted by Gasteiger charge is 2.14. The number of hydrogen-bond donors (Lipinski definition) is 2. The summed E-state index contributed by atoms with van der Waals surface area (Å²) in [5, 5.41) is 0.463. The van der Waals surface area contributed by atoms with Crippen LogP contribution in [0.4, 0.5) is 0 Å². The topological polar surface area (TPSA) is 41.1 Å². The van der Waals surface area contributed by atoms with Crippen LogP contribution < -0.4 is 10.9 Å². The molecule has 1 aromatic carbocycles. The van der Waals surface area contributed by atoms with E-state index in [4.69, 9.17) is 11.6 Å². The molecule has 1 aromatic rings. The average Bonchev–Trinajstić information content (AvgIpc) is 2.46. The Bertz CT molecular complexity index is 485. The van der Waals surface area contributed by atoms with Crippen molar-refractivity contribution in [3.05, 3.63) is 46.6 Å². The second-order valence-corrected chi connectivity index (χ2v) is 5.24. The maximum absolute atomic E-state index is 11.9. The maximum atomic E-state index is 11.9. The SMILES string of the molecule is CCC1CC=C(NNC(=O)c2ccccc2Cl)CC1. The lowest BCUT2D eigenvalue weighted by Crippen LogP contribution is -2.37. The maximum Gasteiger partial charge on any atom is 0.271 e. The minimum Gasteiger partial charge on any atom is -0.303 e. The third-order valence-electron chi connectivity index (χ3n) is 3.55. The zero-order valence-corrected chi connectivity index (χ0v) is 11.8. The van der Waals surface area contributed by atoms with E-state index in [0.717, 1.165) is 24.5 Å². The van der Waals surface area contributed by atoms with E-state index in [9.17, 15) is 4.79 Å². The van der Waals surface area contributed by atoms with Crippen molar-refractivity contribution in [1.29, 1.82) is 0 Å². The summed E-state index contributed by atoms with van der Waals surface area (Å²) in [5.41, 5.74) is 7.27. The standard InChI is InChI=1S/C15H19ClN2O/c1-2-11-7-9-12(10-8-11)17-18-15(19)13-5-3-4-6-14(13)16/h3-6,9,11,17H,2,7-8,10H2,1H3,(H,18,19). The number of benzene rings is 1. The van der Waals surface area contributed by atoms with Crippen molar-refractivity contribution in [2.45, 2.75) is 32.6 Å². The number of carbonyl (C=O) groups excluding carboxylic acids is 1. The van der Waals surface area contributed by atoms with Gasteiger partial charge in [0, 0.05) is 5.70 Å². The van der Waals surface area contributed by atoms with E-state index in [1.807, 2.05) is 0 Å². The molecule has 0 saturated carbocycles. The Kier molecular flexibility index (Phi) is 4.86. The molecule has 0 saturated heterocycles. The highest BCUT2D eigenvalue weighted by molar-refractivity contribution is 6.33. The van der Waals surface area contributed by atoms with E-state index in [-0.39, 0.29) is 5.91 Å². The molecule has 4 heteroatoms. The van der Waals surface area contributed by atoms with Crippen molar-refractivity contribution in [2.75, 3.05) is 0 Å². The highest BCUT2D eigenvalue weighted by Crippen LogP contribution is 2.24. The summed E-state index contributed by atoms with van der Waals surface area (Å²) in [4.78, 5) is 11.9. The molecule has 1 atom stereocenters. The van der Waals surface area contributed by atoms with Gasteiger partial charge in [-0.3, -0.25) is 10.2 Å². The first-order valence-electron chi connectivity index (χ1n) is 6.70. The molecule has 0 fully saturated rings. The van der Waals surface area contributed by atoms with Gasteiger partial charge in [-0.1, -0.05) is 43.2 Å². The minimum atomic E-state index is -0.205. The van der Waals surface area contributed by atoms with Gasteiger partial charge in [0.25, 0.3) is 5.91 Å². The first-order chi connectivity index (χ1) is 9.20. The molecule has 1 aliphatic rings. The van der Waals surface area contributed by atoms with Gasteiger partial charge in [-0.15, -0.1) is 0 Å². The molecule has 0 heterocycles. The average molecular weight is 279 g/mol. The third kappa shape index (κ3) is 3.74. The summed E-state index contributed by atoms with van der Waals surface area (Å²) in [5.74, 6) is 0.578. The van der Waals surface area contributed by atoms with E-state index >= 15 is 0 Å². The minimum absolute atomic E-state index is 0.205. The summed E-state index contributed by atoms with van der Waals surface area (Å²) in [7, 11) is 0. The lowest BCUT2D eigenvalue weighted by atomic mass is 9.91. The van der Waals surface area contributed by atoms with Gasteiger partial charge in [0.15, 0.2) is 0 Å². The number of carbonyl (C=O) groups is 1. The molecule has 2 N–H and O–H groups in total. The largest absolute Gasteiger partial charge is 0.303 e. The first-order valence-corrected chi connectivity index (χ1v) is 7.08. The van der Waals surface area contributed by atoms with Gasteiger partial charge in [0.2, 0.25) is 0 Å². The van der Waals surface area contributed by atoms with Crippen molar-refractivity contribution in [1.82, 2.24) is 10.9 Å². The summed E-state index contributed by atoms with van der Waals surface area (Å²) < 4.78 is 0. The molecular formula is C15H19ClN2O. The smallest absolute Gasteiger partial charge is 0.271 e. The Labute approximate surface area is 119 Å². The van der Waals surface area contributed by atoms with E-state index < -0.39 is 0 Å². The Morgan fingerprint density at radius 3 is 2.84 bits per heavy atom. The summed E-state index contributed by atoms with van der Waals surface area (Å²) in [6.45, 7) is 2.22. The number of hydrogen-bond acceptors (Lipinski definition) is 2. The molecule has 19 heavy (non-hydrogen) atoms. The number of amides is 1. The van der Waals surface area contributed by atoms with E-state index in [1.165, 1.54) is 12.8 Å². The molecule has 1 aliphatic carbocycles. The molecule has 1 amide bonds. The van der Waals surface area contributed by atoms with Crippen LogP contribution in [0.5, 0.6) is 0 Å². The van der Waals surface area contributed by atoms with Crippen LogP contribution in [-0.2, 0) is 0 Å². The quantitative estimate of drug-likeness (QED) is 0.825. The van der Waals surface area contributed by atoms with Crippen LogP contribution in [0.1, 0.15) is 43.0 Å². The van der Waals surface area contributed by atoms with Gasteiger partial charge in [0.05, 0.1) is 10.6 Å². The molecule has 3 nitrogen and oxygen atoms in total. The highest BCUT2D eigenvalue weighted by atomic mass is 35.5. The summed E-state index contributed by atoms with van der Waals surface area (Å²) >= 11 is 5.98. The molecule has 0 aromatic heterocycles. The predicted octanol–water partition coefficient (Wildman–Crippen LogP) is 3.67. The number of halogens is 1. The lowest BCUT2D eigenvalue weighted by Gasteiger charge is -2.21.